The first kappa shape index (κ1) is 12.6. The Balaban J connectivity index is 2.19. The standard InChI is InChI=1S/C12H16ClN3S/c1-8-7-17-12(11(8)13)10(14-2)6-9-4-5-16(3)15-9/h4-5,7,10,14H,6H2,1-3H3. The fourth-order valence-corrected chi connectivity index (χ4v) is 3.23. The molecule has 1 atom stereocenters. The topological polar surface area (TPSA) is 29.9 Å². The SMILES string of the molecule is CNC(Cc1ccn(C)n1)c1scc(C)c1Cl. The molecule has 92 valence electrons. The van der Waals surface area contributed by atoms with Crippen molar-refractivity contribution in [3.8, 4) is 0 Å². The normalized spacial score (nSPS) is 12.9. The lowest BCUT2D eigenvalue weighted by Gasteiger charge is -2.13. The van der Waals surface area contributed by atoms with Crippen molar-refractivity contribution in [3.05, 3.63) is 38.8 Å². The molecular formula is C12H16ClN3S. The minimum absolute atomic E-state index is 0.232. The maximum Gasteiger partial charge on any atom is 0.0643 e. The maximum absolute atomic E-state index is 6.30. The molecule has 0 amide bonds. The van der Waals surface area contributed by atoms with Crippen LogP contribution < -0.4 is 5.32 Å². The number of thiophene rings is 1. The Morgan fingerprint density at radius 2 is 2.35 bits per heavy atom. The van der Waals surface area contributed by atoms with Crippen LogP contribution in [0.25, 0.3) is 0 Å². The second-order valence-corrected chi connectivity index (χ2v) is 5.41. The van der Waals surface area contributed by atoms with Gasteiger partial charge in [0.05, 0.1) is 10.7 Å². The van der Waals surface area contributed by atoms with Gasteiger partial charge in [0.2, 0.25) is 0 Å². The van der Waals surface area contributed by atoms with Gasteiger partial charge < -0.3 is 5.32 Å². The second kappa shape index (κ2) is 5.21. The Bertz CT molecular complexity index is 504. The summed E-state index contributed by atoms with van der Waals surface area (Å²) < 4.78 is 1.82. The molecule has 0 saturated heterocycles. The molecule has 0 aromatic carbocycles. The van der Waals surface area contributed by atoms with Crippen molar-refractivity contribution in [1.29, 1.82) is 0 Å². The van der Waals surface area contributed by atoms with Crippen LogP contribution in [0.4, 0.5) is 0 Å². The van der Waals surface area contributed by atoms with Crippen LogP contribution in [0.2, 0.25) is 5.02 Å². The van der Waals surface area contributed by atoms with Crippen molar-refractivity contribution in [1.82, 2.24) is 15.1 Å². The predicted molar refractivity (Wildman–Crippen MR) is 72.8 cm³/mol. The molecule has 17 heavy (non-hydrogen) atoms. The Morgan fingerprint density at radius 3 is 2.82 bits per heavy atom. The first-order valence-electron chi connectivity index (χ1n) is 5.51. The highest BCUT2D eigenvalue weighted by molar-refractivity contribution is 7.10. The van der Waals surface area contributed by atoms with Crippen LogP contribution in [0.3, 0.4) is 0 Å². The molecule has 3 nitrogen and oxygen atoms in total. The van der Waals surface area contributed by atoms with Crippen molar-refractivity contribution < 1.29 is 0 Å². The lowest BCUT2D eigenvalue weighted by molar-refractivity contribution is 0.586. The molecule has 0 bridgehead atoms. The first-order chi connectivity index (χ1) is 8.11. The highest BCUT2D eigenvalue weighted by Gasteiger charge is 2.17. The summed E-state index contributed by atoms with van der Waals surface area (Å²) in [6.45, 7) is 2.04. The number of aryl methyl sites for hydroxylation is 2. The van der Waals surface area contributed by atoms with Crippen molar-refractivity contribution in [2.75, 3.05) is 7.05 Å². The van der Waals surface area contributed by atoms with Crippen molar-refractivity contribution in [3.63, 3.8) is 0 Å². The maximum atomic E-state index is 6.30. The van der Waals surface area contributed by atoms with Gasteiger partial charge >= 0.3 is 0 Å². The number of likely N-dealkylation sites (N-methyl/N-ethyl adjacent to an activating group) is 1. The van der Waals surface area contributed by atoms with E-state index in [1.54, 1.807) is 11.3 Å². The van der Waals surface area contributed by atoms with Gasteiger partial charge in [-0.1, -0.05) is 11.6 Å². The Hall–Kier alpha value is -0.840. The van der Waals surface area contributed by atoms with Crippen molar-refractivity contribution >= 4 is 22.9 Å². The minimum Gasteiger partial charge on any atom is -0.312 e. The molecule has 5 heteroatoms. The van der Waals surface area contributed by atoms with Crippen LogP contribution in [0.1, 0.15) is 22.2 Å². The molecule has 1 unspecified atom stereocenters. The summed E-state index contributed by atoms with van der Waals surface area (Å²) in [7, 11) is 3.89. The molecule has 0 aliphatic rings. The highest BCUT2D eigenvalue weighted by atomic mass is 35.5. The Kier molecular flexibility index (Phi) is 3.86. The average Bonchev–Trinajstić information content (AvgIpc) is 2.85. The molecule has 0 aliphatic heterocycles. The van der Waals surface area contributed by atoms with Gasteiger partial charge in [-0.25, -0.2) is 0 Å². The molecule has 2 heterocycles. The third kappa shape index (κ3) is 2.70. The van der Waals surface area contributed by atoms with E-state index in [0.29, 0.717) is 0 Å². The van der Waals surface area contributed by atoms with E-state index >= 15 is 0 Å². The van der Waals surface area contributed by atoms with Gasteiger partial charge in [0.15, 0.2) is 0 Å². The van der Waals surface area contributed by atoms with Gasteiger partial charge in [-0.3, -0.25) is 4.68 Å². The number of nitrogens with zero attached hydrogens (tertiary/aromatic N) is 2. The van der Waals surface area contributed by atoms with Crippen LogP contribution in [0.15, 0.2) is 17.6 Å². The van der Waals surface area contributed by atoms with E-state index in [4.69, 9.17) is 11.6 Å². The second-order valence-electron chi connectivity index (χ2n) is 4.12. The van der Waals surface area contributed by atoms with Crippen molar-refractivity contribution in [2.45, 2.75) is 19.4 Å². The minimum atomic E-state index is 0.232. The molecule has 2 aromatic rings. The van der Waals surface area contributed by atoms with Gasteiger partial charge in [-0.2, -0.15) is 5.10 Å². The van der Waals surface area contributed by atoms with Crippen LogP contribution in [-0.2, 0) is 13.5 Å². The van der Waals surface area contributed by atoms with Crippen molar-refractivity contribution in [2.24, 2.45) is 7.05 Å². The molecule has 0 aliphatic carbocycles. The van der Waals surface area contributed by atoms with E-state index in [9.17, 15) is 0 Å². The van der Waals surface area contributed by atoms with E-state index in [1.165, 1.54) is 4.88 Å². The average molecular weight is 270 g/mol. The molecule has 0 saturated carbocycles. The van der Waals surface area contributed by atoms with Gasteiger partial charge in [-0.15, -0.1) is 11.3 Å². The zero-order valence-corrected chi connectivity index (χ0v) is 11.8. The predicted octanol–water partition coefficient (Wildman–Crippen LogP) is 2.95. The summed E-state index contributed by atoms with van der Waals surface area (Å²) in [6, 6.07) is 2.27. The molecule has 0 spiro atoms. The summed E-state index contributed by atoms with van der Waals surface area (Å²) in [6.07, 6.45) is 2.82. The fourth-order valence-electron chi connectivity index (χ4n) is 1.79. The van der Waals surface area contributed by atoms with Gasteiger partial charge in [0.1, 0.15) is 0 Å². The van der Waals surface area contributed by atoms with Gasteiger partial charge in [-0.05, 0) is 31.0 Å². The molecule has 0 fully saturated rings. The Labute approximate surface area is 110 Å². The number of rotatable bonds is 4. The van der Waals surface area contributed by atoms with E-state index < -0.39 is 0 Å². The van der Waals surface area contributed by atoms with E-state index in [1.807, 2.05) is 38.0 Å². The van der Waals surface area contributed by atoms with Gasteiger partial charge in [0.25, 0.3) is 0 Å². The summed E-state index contributed by atoms with van der Waals surface area (Å²) in [5.41, 5.74) is 2.22. The van der Waals surface area contributed by atoms with Crippen LogP contribution >= 0.6 is 22.9 Å². The quantitative estimate of drug-likeness (QED) is 0.925. The summed E-state index contributed by atoms with van der Waals surface area (Å²) >= 11 is 8.00. The lowest BCUT2D eigenvalue weighted by Crippen LogP contribution is -2.18. The van der Waals surface area contributed by atoms with Crippen LogP contribution in [-0.4, -0.2) is 16.8 Å². The zero-order chi connectivity index (χ0) is 12.4. The summed E-state index contributed by atoms with van der Waals surface area (Å²) in [5.74, 6) is 0. The fraction of sp³-hybridized carbons (Fsp3) is 0.417. The molecule has 0 radical (unpaired) electrons. The summed E-state index contributed by atoms with van der Waals surface area (Å²) in [4.78, 5) is 1.19. The molecule has 1 N–H and O–H groups in total. The number of nitrogens with one attached hydrogen (secondary N) is 1. The van der Waals surface area contributed by atoms with E-state index in [0.717, 1.165) is 22.7 Å². The van der Waals surface area contributed by atoms with E-state index in [-0.39, 0.29) is 6.04 Å². The smallest absolute Gasteiger partial charge is 0.0643 e. The molecule has 2 rings (SSSR count). The third-order valence-electron chi connectivity index (χ3n) is 2.77. The van der Waals surface area contributed by atoms with Gasteiger partial charge in [0, 0.05) is 30.6 Å². The zero-order valence-electron chi connectivity index (χ0n) is 10.2. The monoisotopic (exact) mass is 269 g/mol. The lowest BCUT2D eigenvalue weighted by atomic mass is 10.1. The first-order valence-corrected chi connectivity index (χ1v) is 6.77. The molecule has 2 aromatic heterocycles. The van der Waals surface area contributed by atoms with E-state index in [2.05, 4.69) is 15.8 Å². The number of aromatic nitrogens is 2. The number of hydrogen-bond donors (Lipinski definition) is 1. The molecular weight excluding hydrogens is 254 g/mol. The third-order valence-corrected chi connectivity index (χ3v) is 4.60. The highest BCUT2D eigenvalue weighted by Crippen LogP contribution is 2.33. The Morgan fingerprint density at radius 1 is 1.59 bits per heavy atom. The number of halogens is 1. The summed E-state index contributed by atoms with van der Waals surface area (Å²) in [5, 5.41) is 10.7. The van der Waals surface area contributed by atoms with Crippen LogP contribution in [0.5, 0.6) is 0 Å². The largest absolute Gasteiger partial charge is 0.312 e. The van der Waals surface area contributed by atoms with Crippen LogP contribution in [0, 0.1) is 6.92 Å². The number of hydrogen-bond acceptors (Lipinski definition) is 3.